The van der Waals surface area contributed by atoms with E-state index in [9.17, 15) is 4.79 Å². The van der Waals surface area contributed by atoms with E-state index in [0.717, 1.165) is 48.1 Å². The third kappa shape index (κ3) is 3.22. The molecule has 1 aliphatic rings. The standard InChI is InChI=1S/C17H21N3O/c1-12-10-15(14-7-2-3-8-16(14)19-12)17(21)20-13-6-4-5-9-18-11-13/h2-3,7-8,10,13,18H,4-6,9,11H2,1H3,(H,20,21). The molecular formula is C17H21N3O. The summed E-state index contributed by atoms with van der Waals surface area (Å²) in [6.07, 6.45) is 3.39. The number of carbonyl (C=O) groups is 1. The van der Waals surface area contributed by atoms with Gasteiger partial charge in [-0.15, -0.1) is 0 Å². The van der Waals surface area contributed by atoms with Crippen LogP contribution in [0.15, 0.2) is 30.3 Å². The van der Waals surface area contributed by atoms with E-state index in [1.165, 1.54) is 6.42 Å². The van der Waals surface area contributed by atoms with Crippen molar-refractivity contribution in [2.45, 2.75) is 32.2 Å². The first-order chi connectivity index (χ1) is 10.2. The molecule has 0 bridgehead atoms. The van der Waals surface area contributed by atoms with Crippen molar-refractivity contribution in [1.82, 2.24) is 15.6 Å². The van der Waals surface area contributed by atoms with E-state index >= 15 is 0 Å². The predicted molar refractivity (Wildman–Crippen MR) is 84.5 cm³/mol. The van der Waals surface area contributed by atoms with E-state index in [2.05, 4.69) is 15.6 Å². The second-order valence-corrected chi connectivity index (χ2v) is 5.70. The molecule has 0 aliphatic carbocycles. The molecule has 4 nitrogen and oxygen atoms in total. The topological polar surface area (TPSA) is 54.0 Å². The van der Waals surface area contributed by atoms with Crippen molar-refractivity contribution in [3.05, 3.63) is 41.6 Å². The number of pyridine rings is 1. The summed E-state index contributed by atoms with van der Waals surface area (Å²) in [7, 11) is 0. The third-order valence-corrected chi connectivity index (χ3v) is 3.97. The summed E-state index contributed by atoms with van der Waals surface area (Å²) in [5, 5.41) is 7.46. The molecule has 1 saturated heterocycles. The van der Waals surface area contributed by atoms with Crippen LogP contribution in [0.3, 0.4) is 0 Å². The van der Waals surface area contributed by atoms with Crippen LogP contribution in [-0.2, 0) is 0 Å². The number of hydrogen-bond donors (Lipinski definition) is 2. The number of fused-ring (bicyclic) bond motifs is 1. The SMILES string of the molecule is Cc1cc(C(=O)NC2CCCCNC2)c2ccccc2n1. The zero-order chi connectivity index (χ0) is 14.7. The Morgan fingerprint density at radius 3 is 3.10 bits per heavy atom. The zero-order valence-corrected chi connectivity index (χ0v) is 12.4. The number of amides is 1. The minimum Gasteiger partial charge on any atom is -0.348 e. The second kappa shape index (κ2) is 6.22. The molecule has 1 aromatic carbocycles. The quantitative estimate of drug-likeness (QED) is 0.890. The van der Waals surface area contributed by atoms with Crippen molar-refractivity contribution in [3.8, 4) is 0 Å². The van der Waals surface area contributed by atoms with Crippen molar-refractivity contribution < 1.29 is 4.79 Å². The van der Waals surface area contributed by atoms with E-state index in [4.69, 9.17) is 0 Å². The van der Waals surface area contributed by atoms with Gasteiger partial charge < -0.3 is 10.6 Å². The van der Waals surface area contributed by atoms with E-state index in [1.807, 2.05) is 37.3 Å². The molecule has 2 aromatic rings. The van der Waals surface area contributed by atoms with E-state index in [0.29, 0.717) is 0 Å². The monoisotopic (exact) mass is 283 g/mol. The van der Waals surface area contributed by atoms with Crippen LogP contribution in [-0.4, -0.2) is 30.0 Å². The smallest absolute Gasteiger partial charge is 0.252 e. The molecule has 110 valence electrons. The van der Waals surface area contributed by atoms with Gasteiger partial charge in [0.15, 0.2) is 0 Å². The molecule has 21 heavy (non-hydrogen) atoms. The summed E-state index contributed by atoms with van der Waals surface area (Å²) in [6, 6.07) is 9.90. The number of aryl methyl sites for hydroxylation is 1. The Balaban J connectivity index is 1.87. The Morgan fingerprint density at radius 2 is 2.19 bits per heavy atom. The van der Waals surface area contributed by atoms with Gasteiger partial charge in [-0.1, -0.05) is 24.6 Å². The van der Waals surface area contributed by atoms with Gasteiger partial charge >= 0.3 is 0 Å². The molecule has 0 spiro atoms. The molecule has 1 aliphatic heterocycles. The summed E-state index contributed by atoms with van der Waals surface area (Å²) < 4.78 is 0. The van der Waals surface area contributed by atoms with Gasteiger partial charge in [0, 0.05) is 23.7 Å². The maximum absolute atomic E-state index is 12.6. The van der Waals surface area contributed by atoms with Crippen molar-refractivity contribution in [2.24, 2.45) is 0 Å². The van der Waals surface area contributed by atoms with Gasteiger partial charge in [-0.3, -0.25) is 9.78 Å². The van der Waals surface area contributed by atoms with Crippen molar-refractivity contribution in [3.63, 3.8) is 0 Å². The second-order valence-electron chi connectivity index (χ2n) is 5.70. The first-order valence-corrected chi connectivity index (χ1v) is 7.62. The van der Waals surface area contributed by atoms with E-state index in [1.54, 1.807) is 0 Å². The fourth-order valence-corrected chi connectivity index (χ4v) is 2.90. The fourth-order valence-electron chi connectivity index (χ4n) is 2.90. The lowest BCUT2D eigenvalue weighted by molar-refractivity contribution is 0.0937. The van der Waals surface area contributed by atoms with Crippen LogP contribution in [0.25, 0.3) is 10.9 Å². The Labute approximate surface area is 125 Å². The van der Waals surface area contributed by atoms with Gasteiger partial charge in [-0.2, -0.15) is 0 Å². The average Bonchev–Trinajstić information content (AvgIpc) is 2.75. The minimum atomic E-state index is 0.00500. The minimum absolute atomic E-state index is 0.00500. The maximum Gasteiger partial charge on any atom is 0.252 e. The van der Waals surface area contributed by atoms with Crippen LogP contribution in [0, 0.1) is 6.92 Å². The number of aromatic nitrogens is 1. The number of rotatable bonds is 2. The van der Waals surface area contributed by atoms with Crippen LogP contribution in [0.5, 0.6) is 0 Å². The van der Waals surface area contributed by atoms with E-state index < -0.39 is 0 Å². The Hall–Kier alpha value is -1.94. The molecule has 1 aromatic heterocycles. The Kier molecular flexibility index (Phi) is 4.15. The molecule has 2 heterocycles. The molecular weight excluding hydrogens is 262 g/mol. The average molecular weight is 283 g/mol. The maximum atomic E-state index is 12.6. The normalized spacial score (nSPS) is 19.2. The molecule has 4 heteroatoms. The molecule has 3 rings (SSSR count). The van der Waals surface area contributed by atoms with Crippen molar-refractivity contribution in [1.29, 1.82) is 0 Å². The number of benzene rings is 1. The van der Waals surface area contributed by atoms with Crippen LogP contribution in [0.4, 0.5) is 0 Å². The van der Waals surface area contributed by atoms with Gasteiger partial charge in [0.25, 0.3) is 5.91 Å². The van der Waals surface area contributed by atoms with Gasteiger partial charge in [0.05, 0.1) is 11.1 Å². The number of nitrogens with one attached hydrogen (secondary N) is 2. The first kappa shape index (κ1) is 14.0. The van der Waals surface area contributed by atoms with Crippen molar-refractivity contribution >= 4 is 16.8 Å². The van der Waals surface area contributed by atoms with Gasteiger partial charge in [-0.25, -0.2) is 0 Å². The number of nitrogens with zero attached hydrogens (tertiary/aromatic N) is 1. The molecule has 1 fully saturated rings. The highest BCUT2D eigenvalue weighted by atomic mass is 16.1. The fraction of sp³-hybridized carbons (Fsp3) is 0.412. The number of para-hydroxylation sites is 1. The van der Waals surface area contributed by atoms with Crippen LogP contribution < -0.4 is 10.6 Å². The lowest BCUT2D eigenvalue weighted by Gasteiger charge is -2.17. The van der Waals surface area contributed by atoms with Gasteiger partial charge in [0.2, 0.25) is 0 Å². The van der Waals surface area contributed by atoms with Crippen LogP contribution in [0.1, 0.15) is 35.3 Å². The summed E-state index contributed by atoms with van der Waals surface area (Å²) in [4.78, 5) is 17.1. The lowest BCUT2D eigenvalue weighted by Crippen LogP contribution is -2.40. The highest BCUT2D eigenvalue weighted by molar-refractivity contribution is 6.06. The Morgan fingerprint density at radius 1 is 1.33 bits per heavy atom. The largest absolute Gasteiger partial charge is 0.348 e. The molecule has 1 atom stereocenters. The van der Waals surface area contributed by atoms with Crippen molar-refractivity contribution in [2.75, 3.05) is 13.1 Å². The third-order valence-electron chi connectivity index (χ3n) is 3.97. The number of hydrogen-bond acceptors (Lipinski definition) is 3. The summed E-state index contributed by atoms with van der Waals surface area (Å²) >= 11 is 0. The van der Waals surface area contributed by atoms with Gasteiger partial charge in [-0.05, 0) is 38.4 Å². The predicted octanol–water partition coefficient (Wildman–Crippen LogP) is 2.42. The first-order valence-electron chi connectivity index (χ1n) is 7.62. The molecule has 1 amide bonds. The van der Waals surface area contributed by atoms with Crippen LogP contribution >= 0.6 is 0 Å². The van der Waals surface area contributed by atoms with E-state index in [-0.39, 0.29) is 11.9 Å². The highest BCUT2D eigenvalue weighted by Crippen LogP contribution is 2.18. The van der Waals surface area contributed by atoms with Crippen LogP contribution in [0.2, 0.25) is 0 Å². The summed E-state index contributed by atoms with van der Waals surface area (Å²) in [5.74, 6) is 0.00500. The Bertz CT molecular complexity index is 646. The molecule has 0 saturated carbocycles. The molecule has 2 N–H and O–H groups in total. The van der Waals surface area contributed by atoms with Gasteiger partial charge in [0.1, 0.15) is 0 Å². The lowest BCUT2D eigenvalue weighted by atomic mass is 10.1. The summed E-state index contributed by atoms with van der Waals surface area (Å²) in [5.41, 5.74) is 2.47. The molecule has 0 radical (unpaired) electrons. The highest BCUT2D eigenvalue weighted by Gasteiger charge is 2.17. The molecule has 1 unspecified atom stereocenters. The number of carbonyl (C=O) groups excluding carboxylic acids is 1. The zero-order valence-electron chi connectivity index (χ0n) is 12.4. The summed E-state index contributed by atoms with van der Waals surface area (Å²) in [6.45, 7) is 3.83.